The number of hydrogen-bond donors (Lipinski definition) is 3. The van der Waals surface area contributed by atoms with Crippen molar-refractivity contribution < 1.29 is 19.8 Å². The Morgan fingerprint density at radius 3 is 2.59 bits per heavy atom. The number of halogens is 1. The van der Waals surface area contributed by atoms with Crippen molar-refractivity contribution in [2.75, 3.05) is 0 Å². The molecule has 1 aromatic carbocycles. The van der Waals surface area contributed by atoms with Gasteiger partial charge in [0.05, 0.1) is 4.47 Å². The first-order chi connectivity index (χ1) is 7.95. The number of carboxylic acid groups (broad SMARTS) is 1. The van der Waals surface area contributed by atoms with Gasteiger partial charge in [0.2, 0.25) is 0 Å². The highest BCUT2D eigenvalue weighted by Crippen LogP contribution is 2.24. The quantitative estimate of drug-likeness (QED) is 0.791. The lowest BCUT2D eigenvalue weighted by molar-refractivity contribution is -0.139. The Hall–Kier alpha value is -1.56. The van der Waals surface area contributed by atoms with Crippen molar-refractivity contribution in [2.24, 2.45) is 0 Å². The summed E-state index contributed by atoms with van der Waals surface area (Å²) in [5, 5.41) is 20.6. The van der Waals surface area contributed by atoms with Gasteiger partial charge in [-0.05, 0) is 40.5 Å². The topological polar surface area (TPSA) is 86.6 Å². The van der Waals surface area contributed by atoms with E-state index in [0.29, 0.717) is 10.9 Å². The van der Waals surface area contributed by atoms with Gasteiger partial charge in [0.1, 0.15) is 11.8 Å². The van der Waals surface area contributed by atoms with Crippen LogP contribution in [0.4, 0.5) is 0 Å². The number of carbonyl (C=O) groups is 2. The Morgan fingerprint density at radius 1 is 1.47 bits per heavy atom. The molecule has 0 aliphatic carbocycles. The Kier molecular flexibility index (Phi) is 4.51. The molecule has 1 amide bonds. The molecule has 0 spiro atoms. The zero-order chi connectivity index (χ0) is 13.0. The van der Waals surface area contributed by atoms with Gasteiger partial charge in [0.15, 0.2) is 0 Å². The summed E-state index contributed by atoms with van der Waals surface area (Å²) < 4.78 is 0.472. The molecule has 0 aromatic heterocycles. The summed E-state index contributed by atoms with van der Waals surface area (Å²) in [6, 6.07) is 3.36. The third-order valence-corrected chi connectivity index (χ3v) is 2.89. The van der Waals surface area contributed by atoms with Gasteiger partial charge in [-0.2, -0.15) is 0 Å². The molecule has 6 heteroatoms. The molecule has 1 rings (SSSR count). The second-order valence-electron chi connectivity index (χ2n) is 3.44. The van der Waals surface area contributed by atoms with Crippen LogP contribution in [0.25, 0.3) is 0 Å². The Balaban J connectivity index is 2.82. The van der Waals surface area contributed by atoms with E-state index < -0.39 is 17.9 Å². The van der Waals surface area contributed by atoms with Crippen LogP contribution in [0.15, 0.2) is 22.7 Å². The van der Waals surface area contributed by atoms with Gasteiger partial charge < -0.3 is 15.5 Å². The monoisotopic (exact) mass is 301 g/mol. The molecule has 0 saturated carbocycles. The normalized spacial score (nSPS) is 11.9. The van der Waals surface area contributed by atoms with Crippen LogP contribution in [0.2, 0.25) is 0 Å². The van der Waals surface area contributed by atoms with Crippen molar-refractivity contribution in [3.05, 3.63) is 28.2 Å². The first-order valence-corrected chi connectivity index (χ1v) is 5.77. The minimum atomic E-state index is -1.08. The van der Waals surface area contributed by atoms with Crippen LogP contribution >= 0.6 is 15.9 Å². The van der Waals surface area contributed by atoms with Gasteiger partial charge >= 0.3 is 5.97 Å². The molecule has 3 N–H and O–H groups in total. The lowest BCUT2D eigenvalue weighted by atomic mass is 10.1. The number of carboxylic acids is 1. The van der Waals surface area contributed by atoms with Gasteiger partial charge in [-0.15, -0.1) is 0 Å². The second-order valence-corrected chi connectivity index (χ2v) is 4.29. The van der Waals surface area contributed by atoms with Crippen LogP contribution in [0, 0.1) is 0 Å². The first-order valence-electron chi connectivity index (χ1n) is 4.98. The largest absolute Gasteiger partial charge is 0.507 e. The minimum Gasteiger partial charge on any atom is -0.507 e. The molecule has 5 nitrogen and oxygen atoms in total. The van der Waals surface area contributed by atoms with Crippen LogP contribution in [0.1, 0.15) is 23.7 Å². The molecule has 0 heterocycles. The van der Waals surface area contributed by atoms with E-state index in [9.17, 15) is 14.7 Å². The highest BCUT2D eigenvalue weighted by molar-refractivity contribution is 9.10. The molecule has 0 aliphatic heterocycles. The maximum atomic E-state index is 11.7. The molecule has 0 radical (unpaired) electrons. The molecule has 0 bridgehead atoms. The summed E-state index contributed by atoms with van der Waals surface area (Å²) >= 11 is 3.09. The zero-order valence-electron chi connectivity index (χ0n) is 9.11. The van der Waals surface area contributed by atoms with E-state index in [2.05, 4.69) is 21.2 Å². The number of phenolic OH excluding ortho intramolecular Hbond substituents is 1. The number of amides is 1. The average molecular weight is 302 g/mol. The van der Waals surface area contributed by atoms with Crippen molar-refractivity contribution >= 4 is 27.8 Å². The third-order valence-electron chi connectivity index (χ3n) is 2.22. The number of carbonyl (C=O) groups excluding carboxylic acids is 1. The number of aromatic hydroxyl groups is 1. The van der Waals surface area contributed by atoms with Crippen LogP contribution in [-0.2, 0) is 4.79 Å². The zero-order valence-corrected chi connectivity index (χ0v) is 10.7. The number of aliphatic carboxylic acids is 1. The first kappa shape index (κ1) is 13.5. The Bertz CT molecular complexity index is 447. The summed E-state index contributed by atoms with van der Waals surface area (Å²) in [6.45, 7) is 1.66. The summed E-state index contributed by atoms with van der Waals surface area (Å²) in [5.41, 5.74) is 0.213. The summed E-state index contributed by atoms with van der Waals surface area (Å²) in [7, 11) is 0. The maximum absolute atomic E-state index is 11.7. The highest BCUT2D eigenvalue weighted by atomic mass is 79.9. The molecule has 92 valence electrons. The second kappa shape index (κ2) is 5.67. The number of nitrogens with one attached hydrogen (secondary N) is 1. The van der Waals surface area contributed by atoms with E-state index in [-0.39, 0.29) is 11.3 Å². The van der Waals surface area contributed by atoms with Gasteiger partial charge in [-0.1, -0.05) is 6.92 Å². The van der Waals surface area contributed by atoms with Crippen molar-refractivity contribution in [3.8, 4) is 5.75 Å². The van der Waals surface area contributed by atoms with Gasteiger partial charge in [-0.25, -0.2) is 4.79 Å². The van der Waals surface area contributed by atoms with Crippen LogP contribution in [0.3, 0.4) is 0 Å². The van der Waals surface area contributed by atoms with Gasteiger partial charge in [0, 0.05) is 5.56 Å². The summed E-state index contributed by atoms with van der Waals surface area (Å²) in [5.74, 6) is -1.68. The Morgan fingerprint density at radius 2 is 2.12 bits per heavy atom. The number of phenols is 1. The molecular formula is C11H12BrNO4. The summed E-state index contributed by atoms with van der Waals surface area (Å²) in [6.07, 6.45) is 0.295. The van der Waals surface area contributed by atoms with E-state index in [1.165, 1.54) is 18.2 Å². The molecule has 0 fully saturated rings. The predicted molar refractivity (Wildman–Crippen MR) is 65.0 cm³/mol. The maximum Gasteiger partial charge on any atom is 0.326 e. The molecular weight excluding hydrogens is 290 g/mol. The third kappa shape index (κ3) is 3.45. The highest BCUT2D eigenvalue weighted by Gasteiger charge is 2.18. The number of rotatable bonds is 4. The molecule has 0 aliphatic rings. The number of hydrogen-bond acceptors (Lipinski definition) is 3. The fraction of sp³-hybridized carbons (Fsp3) is 0.273. The molecule has 17 heavy (non-hydrogen) atoms. The molecule has 0 saturated heterocycles. The molecule has 0 unspecified atom stereocenters. The van der Waals surface area contributed by atoms with Crippen molar-refractivity contribution in [1.29, 1.82) is 0 Å². The number of benzene rings is 1. The predicted octanol–water partition coefficient (Wildman–Crippen LogP) is 1.75. The Labute approximate surface area is 107 Å². The fourth-order valence-corrected chi connectivity index (χ4v) is 1.48. The molecule has 1 atom stereocenters. The van der Waals surface area contributed by atoms with Crippen LogP contribution in [0.5, 0.6) is 5.75 Å². The SMILES string of the molecule is CC[C@H](NC(=O)c1ccc(Br)c(O)c1)C(=O)O. The standard InChI is InChI=1S/C11H12BrNO4/c1-2-8(11(16)17)13-10(15)6-3-4-7(12)9(14)5-6/h3-5,8,14H,2H2,1H3,(H,13,15)(H,16,17)/t8-/m0/s1. The molecule has 1 aromatic rings. The van der Waals surface area contributed by atoms with E-state index in [4.69, 9.17) is 5.11 Å². The lowest BCUT2D eigenvalue weighted by Gasteiger charge is -2.12. The van der Waals surface area contributed by atoms with Crippen molar-refractivity contribution in [2.45, 2.75) is 19.4 Å². The van der Waals surface area contributed by atoms with Crippen LogP contribution in [-0.4, -0.2) is 28.1 Å². The smallest absolute Gasteiger partial charge is 0.326 e. The van der Waals surface area contributed by atoms with Crippen molar-refractivity contribution in [3.63, 3.8) is 0 Å². The fourth-order valence-electron chi connectivity index (χ4n) is 1.23. The van der Waals surface area contributed by atoms with E-state index in [1.54, 1.807) is 6.92 Å². The van der Waals surface area contributed by atoms with Gasteiger partial charge in [-0.3, -0.25) is 4.79 Å². The average Bonchev–Trinajstić information content (AvgIpc) is 2.28. The van der Waals surface area contributed by atoms with E-state index in [0.717, 1.165) is 0 Å². The lowest BCUT2D eigenvalue weighted by Crippen LogP contribution is -2.40. The van der Waals surface area contributed by atoms with E-state index in [1.807, 2.05) is 0 Å². The van der Waals surface area contributed by atoms with Gasteiger partial charge in [0.25, 0.3) is 5.91 Å². The minimum absolute atomic E-state index is 0.0685. The summed E-state index contributed by atoms with van der Waals surface area (Å²) in [4.78, 5) is 22.4. The van der Waals surface area contributed by atoms with Crippen molar-refractivity contribution in [1.82, 2.24) is 5.32 Å². The van der Waals surface area contributed by atoms with E-state index >= 15 is 0 Å². The van der Waals surface area contributed by atoms with Crippen LogP contribution < -0.4 is 5.32 Å².